The van der Waals surface area contributed by atoms with Crippen LogP contribution >= 0.6 is 23.2 Å². The van der Waals surface area contributed by atoms with Crippen molar-refractivity contribution in [2.24, 2.45) is 0 Å². The molecule has 280 valence electrons. The van der Waals surface area contributed by atoms with Gasteiger partial charge in [-0.2, -0.15) is 0 Å². The lowest BCUT2D eigenvalue weighted by Gasteiger charge is -2.49. The summed E-state index contributed by atoms with van der Waals surface area (Å²) in [5.41, 5.74) is -3.53. The van der Waals surface area contributed by atoms with Crippen molar-refractivity contribution in [1.29, 1.82) is 0 Å². The fraction of sp³-hybridized carbons (Fsp3) is 0.688. The van der Waals surface area contributed by atoms with E-state index in [0.29, 0.717) is 26.1 Å². The van der Waals surface area contributed by atoms with Crippen LogP contribution in [0, 0.1) is 5.82 Å². The van der Waals surface area contributed by atoms with Gasteiger partial charge in [-0.1, -0.05) is 23.2 Å². The Morgan fingerprint density at radius 2 is 1.82 bits per heavy atom. The van der Waals surface area contributed by atoms with Gasteiger partial charge in [0, 0.05) is 58.1 Å². The number of aliphatic hydroxyl groups excluding tert-OH is 3. The molecular formula is C32H45Cl2FN4O11. The van der Waals surface area contributed by atoms with Crippen LogP contribution in [0.2, 0.25) is 10.0 Å². The molecule has 3 aliphatic heterocycles. The Bertz CT molecular complexity index is 1430. The standard InChI is InChI=1S/C32H45Cl2FN4O11/c1-17(40)37-24-21(41)13-32(28(45)46,6-8-39-9-10-48-16-31(39)5-7-38(15-31)29(47)50-30(2,3)4)49-26(24)25(43)22(42)14-36-27(44)18-11-19(33)23(35)20(34)12-18/h11-12,21-22,24-26,41-43H,5-10,13-16H2,1-4H3,(H,36,44)(H,37,40)(H,45,46)/t21-,22+,24+,25+,26+,31-,32+/m0/s1. The van der Waals surface area contributed by atoms with Gasteiger partial charge in [-0.15, -0.1) is 0 Å². The number of nitrogens with zero attached hydrogens (tertiary/aromatic N) is 2. The van der Waals surface area contributed by atoms with Crippen LogP contribution in [0.25, 0.3) is 0 Å². The molecule has 3 fully saturated rings. The molecule has 0 unspecified atom stereocenters. The first-order chi connectivity index (χ1) is 23.3. The number of aliphatic hydroxyl groups is 3. The second-order valence-corrected chi connectivity index (χ2v) is 14.9. The number of carbonyl (C=O) groups is 4. The molecule has 3 amide bonds. The second kappa shape index (κ2) is 15.8. The SMILES string of the molecule is CC(=O)N[C@H]1[C@H]([C@H](O)[C@H](O)CNC(=O)c2cc(Cl)c(F)c(Cl)c2)O[C@@](CCN2CCOC[C@@]23CCN(C(=O)OC(C)(C)C)C3)(C(=O)O)C[C@@H]1O. The Hall–Kier alpha value is -2.83. The van der Waals surface area contributed by atoms with Crippen molar-refractivity contribution in [3.63, 3.8) is 0 Å². The molecule has 7 atom stereocenters. The molecule has 50 heavy (non-hydrogen) atoms. The average Bonchev–Trinajstić information content (AvgIpc) is 3.45. The third-order valence-corrected chi connectivity index (χ3v) is 9.74. The maximum absolute atomic E-state index is 13.8. The number of hydrogen-bond acceptors (Lipinski definition) is 11. The zero-order valence-electron chi connectivity index (χ0n) is 28.3. The van der Waals surface area contributed by atoms with Crippen LogP contribution in [0.5, 0.6) is 0 Å². The van der Waals surface area contributed by atoms with Crippen molar-refractivity contribution in [3.05, 3.63) is 33.6 Å². The fourth-order valence-electron chi connectivity index (χ4n) is 6.64. The van der Waals surface area contributed by atoms with Crippen LogP contribution in [0.1, 0.15) is 57.3 Å². The van der Waals surface area contributed by atoms with Gasteiger partial charge in [0.25, 0.3) is 5.91 Å². The molecule has 1 aromatic rings. The minimum absolute atomic E-state index is 0.134. The summed E-state index contributed by atoms with van der Waals surface area (Å²) < 4.78 is 31.2. The number of benzene rings is 1. The molecule has 1 aromatic carbocycles. The summed E-state index contributed by atoms with van der Waals surface area (Å²) >= 11 is 11.5. The summed E-state index contributed by atoms with van der Waals surface area (Å²) in [4.78, 5) is 54.1. The van der Waals surface area contributed by atoms with E-state index >= 15 is 0 Å². The summed E-state index contributed by atoms with van der Waals surface area (Å²) in [5.74, 6) is -3.79. The molecule has 3 heterocycles. The lowest BCUT2D eigenvalue weighted by molar-refractivity contribution is -0.231. The Kier molecular flexibility index (Phi) is 12.6. The average molecular weight is 752 g/mol. The number of carbonyl (C=O) groups excluding carboxylic acids is 3. The molecule has 1 spiro atoms. The van der Waals surface area contributed by atoms with E-state index < -0.39 is 99.9 Å². The van der Waals surface area contributed by atoms with Crippen molar-refractivity contribution in [2.45, 2.75) is 94.2 Å². The number of carboxylic acid groups (broad SMARTS) is 1. The maximum atomic E-state index is 13.8. The normalized spacial score (nSPS) is 28.6. The maximum Gasteiger partial charge on any atom is 0.410 e. The fourth-order valence-corrected chi connectivity index (χ4v) is 7.12. The highest BCUT2D eigenvalue weighted by Crippen LogP contribution is 2.38. The van der Waals surface area contributed by atoms with Crippen LogP contribution < -0.4 is 10.6 Å². The van der Waals surface area contributed by atoms with Gasteiger partial charge in [-0.25, -0.2) is 14.0 Å². The highest BCUT2D eigenvalue weighted by atomic mass is 35.5. The monoisotopic (exact) mass is 750 g/mol. The molecule has 0 radical (unpaired) electrons. The summed E-state index contributed by atoms with van der Waals surface area (Å²) in [7, 11) is 0. The second-order valence-electron chi connectivity index (χ2n) is 14.1. The molecule has 0 saturated carbocycles. The molecule has 4 rings (SSSR count). The van der Waals surface area contributed by atoms with Gasteiger partial charge in [0.1, 0.15) is 17.8 Å². The van der Waals surface area contributed by atoms with E-state index in [-0.39, 0.29) is 31.7 Å². The van der Waals surface area contributed by atoms with Gasteiger partial charge in [0.15, 0.2) is 11.4 Å². The topological polar surface area (TPSA) is 207 Å². The van der Waals surface area contributed by atoms with Gasteiger partial charge in [-0.05, 0) is 39.3 Å². The number of ether oxygens (including phenoxy) is 3. The Morgan fingerprint density at radius 1 is 1.16 bits per heavy atom. The molecule has 6 N–H and O–H groups in total. The van der Waals surface area contributed by atoms with E-state index in [9.17, 15) is 44.0 Å². The van der Waals surface area contributed by atoms with Crippen LogP contribution in [0.15, 0.2) is 12.1 Å². The highest BCUT2D eigenvalue weighted by molar-refractivity contribution is 6.35. The molecule has 0 aromatic heterocycles. The lowest BCUT2D eigenvalue weighted by Crippen LogP contribution is -2.68. The zero-order valence-corrected chi connectivity index (χ0v) is 29.8. The number of likely N-dealkylation sites (tertiary alicyclic amines) is 1. The highest BCUT2D eigenvalue weighted by Gasteiger charge is 2.55. The largest absolute Gasteiger partial charge is 0.479 e. The number of carboxylic acids is 1. The van der Waals surface area contributed by atoms with Gasteiger partial charge in [-0.3, -0.25) is 14.5 Å². The van der Waals surface area contributed by atoms with E-state index in [2.05, 4.69) is 10.6 Å². The molecule has 3 saturated heterocycles. The number of halogens is 3. The Morgan fingerprint density at radius 3 is 2.42 bits per heavy atom. The lowest BCUT2D eigenvalue weighted by atomic mass is 9.81. The van der Waals surface area contributed by atoms with E-state index in [4.69, 9.17) is 37.4 Å². The van der Waals surface area contributed by atoms with Crippen LogP contribution in [-0.4, -0.2) is 147 Å². The molecule has 3 aliphatic rings. The first-order valence-corrected chi connectivity index (χ1v) is 17.0. The summed E-state index contributed by atoms with van der Waals surface area (Å²) in [6.45, 7) is 7.76. The van der Waals surface area contributed by atoms with Gasteiger partial charge >= 0.3 is 12.1 Å². The minimum atomic E-state index is -2.08. The van der Waals surface area contributed by atoms with E-state index in [1.165, 1.54) is 0 Å². The number of amides is 3. The van der Waals surface area contributed by atoms with E-state index in [0.717, 1.165) is 19.1 Å². The number of nitrogens with one attached hydrogen (secondary N) is 2. The quantitative estimate of drug-likeness (QED) is 0.186. The molecule has 0 aliphatic carbocycles. The zero-order chi connectivity index (χ0) is 37.2. The predicted octanol–water partition coefficient (Wildman–Crippen LogP) is 1.16. The van der Waals surface area contributed by atoms with Crippen LogP contribution in [0.4, 0.5) is 9.18 Å². The van der Waals surface area contributed by atoms with Crippen molar-refractivity contribution >= 4 is 47.1 Å². The third kappa shape index (κ3) is 9.14. The molecular weight excluding hydrogens is 706 g/mol. The number of rotatable bonds is 10. The predicted molar refractivity (Wildman–Crippen MR) is 176 cm³/mol. The van der Waals surface area contributed by atoms with Gasteiger partial charge in [0.2, 0.25) is 5.91 Å². The summed E-state index contributed by atoms with van der Waals surface area (Å²) in [6.07, 6.45) is -7.46. The molecule has 0 bridgehead atoms. The number of morpholine rings is 1. The van der Waals surface area contributed by atoms with Gasteiger partial charge in [0.05, 0.1) is 47.0 Å². The van der Waals surface area contributed by atoms with Crippen LogP contribution in [-0.2, 0) is 23.8 Å². The number of aliphatic carboxylic acids is 1. The van der Waals surface area contributed by atoms with Crippen molar-refractivity contribution in [1.82, 2.24) is 20.4 Å². The van der Waals surface area contributed by atoms with E-state index in [1.807, 2.05) is 4.90 Å². The first-order valence-electron chi connectivity index (χ1n) is 16.2. The summed E-state index contributed by atoms with van der Waals surface area (Å²) in [5, 5.41) is 47.9. The van der Waals surface area contributed by atoms with Crippen molar-refractivity contribution in [2.75, 3.05) is 45.9 Å². The Balaban J connectivity index is 1.50. The van der Waals surface area contributed by atoms with Gasteiger partial charge < -0.3 is 50.2 Å². The molecule has 18 heteroatoms. The smallest absolute Gasteiger partial charge is 0.410 e. The minimum Gasteiger partial charge on any atom is -0.479 e. The Labute approximate surface area is 298 Å². The summed E-state index contributed by atoms with van der Waals surface area (Å²) in [6, 6.07) is 0.714. The van der Waals surface area contributed by atoms with Crippen molar-refractivity contribution < 1.29 is 58.2 Å². The van der Waals surface area contributed by atoms with Crippen LogP contribution in [0.3, 0.4) is 0 Å². The third-order valence-electron chi connectivity index (χ3n) is 9.19. The number of hydrogen-bond donors (Lipinski definition) is 6. The first kappa shape index (κ1) is 39.9. The van der Waals surface area contributed by atoms with E-state index in [1.54, 1.807) is 25.7 Å². The van der Waals surface area contributed by atoms with Crippen molar-refractivity contribution in [3.8, 4) is 0 Å². The molecule has 15 nitrogen and oxygen atoms in total.